The van der Waals surface area contributed by atoms with Crippen molar-refractivity contribution in [2.75, 3.05) is 11.1 Å². The summed E-state index contributed by atoms with van der Waals surface area (Å²) in [7, 11) is 0. The summed E-state index contributed by atoms with van der Waals surface area (Å²) in [5, 5.41) is 2.70. The Morgan fingerprint density at radius 1 is 1.09 bits per heavy atom. The molecule has 0 aliphatic heterocycles. The standard InChI is InChI=1S/C18H20N2O3/c1-11-7-9-14(10-8-11)20-17(21)13(3)23-18(22)15-6-4-5-12(2)16(15)19/h4-10,13H,19H2,1-3H3,(H,20,21)/t13-/m1/s1. The minimum atomic E-state index is -0.927. The van der Waals surface area contributed by atoms with Crippen molar-refractivity contribution in [2.45, 2.75) is 26.9 Å². The van der Waals surface area contributed by atoms with Gasteiger partial charge in [-0.1, -0.05) is 29.8 Å². The van der Waals surface area contributed by atoms with Gasteiger partial charge in [-0.25, -0.2) is 4.79 Å². The first-order valence-corrected chi connectivity index (χ1v) is 7.32. The molecule has 0 aromatic heterocycles. The Kier molecular flexibility index (Phi) is 5.01. The monoisotopic (exact) mass is 312 g/mol. The molecule has 2 aromatic rings. The molecule has 3 N–H and O–H groups in total. The number of benzene rings is 2. The van der Waals surface area contributed by atoms with Gasteiger partial charge in [-0.15, -0.1) is 0 Å². The third-order valence-electron chi connectivity index (χ3n) is 3.52. The molecular formula is C18H20N2O3. The third kappa shape index (κ3) is 4.10. The van der Waals surface area contributed by atoms with Crippen molar-refractivity contribution in [2.24, 2.45) is 0 Å². The second-order valence-electron chi connectivity index (χ2n) is 5.44. The highest BCUT2D eigenvalue weighted by Crippen LogP contribution is 2.18. The maximum atomic E-state index is 12.1. The number of ether oxygens (including phenoxy) is 1. The number of para-hydroxylation sites is 1. The normalized spacial score (nSPS) is 11.6. The molecule has 0 fully saturated rings. The van der Waals surface area contributed by atoms with E-state index in [2.05, 4.69) is 5.32 Å². The molecule has 0 unspecified atom stereocenters. The molecule has 5 heteroatoms. The quantitative estimate of drug-likeness (QED) is 0.671. The van der Waals surface area contributed by atoms with E-state index in [-0.39, 0.29) is 5.56 Å². The van der Waals surface area contributed by atoms with Crippen molar-refractivity contribution < 1.29 is 14.3 Å². The molecule has 0 aliphatic carbocycles. The van der Waals surface area contributed by atoms with Gasteiger partial charge in [-0.2, -0.15) is 0 Å². The van der Waals surface area contributed by atoms with Crippen molar-refractivity contribution in [1.82, 2.24) is 0 Å². The summed E-state index contributed by atoms with van der Waals surface area (Å²) in [5.41, 5.74) is 9.03. The van der Waals surface area contributed by atoms with E-state index >= 15 is 0 Å². The van der Waals surface area contributed by atoms with Crippen LogP contribution in [0.2, 0.25) is 0 Å². The van der Waals surface area contributed by atoms with Gasteiger partial charge in [0, 0.05) is 11.4 Å². The van der Waals surface area contributed by atoms with Crippen LogP contribution in [0.25, 0.3) is 0 Å². The van der Waals surface area contributed by atoms with E-state index in [1.54, 1.807) is 37.3 Å². The molecule has 23 heavy (non-hydrogen) atoms. The number of hydrogen-bond acceptors (Lipinski definition) is 4. The highest BCUT2D eigenvalue weighted by molar-refractivity contribution is 5.99. The number of nitrogens with two attached hydrogens (primary N) is 1. The van der Waals surface area contributed by atoms with Gasteiger partial charge < -0.3 is 15.8 Å². The first kappa shape index (κ1) is 16.5. The van der Waals surface area contributed by atoms with Crippen LogP contribution in [0, 0.1) is 13.8 Å². The maximum Gasteiger partial charge on any atom is 0.341 e. The van der Waals surface area contributed by atoms with Crippen LogP contribution in [-0.4, -0.2) is 18.0 Å². The van der Waals surface area contributed by atoms with Crippen LogP contribution in [0.4, 0.5) is 11.4 Å². The Morgan fingerprint density at radius 2 is 1.74 bits per heavy atom. The highest BCUT2D eigenvalue weighted by Gasteiger charge is 2.20. The summed E-state index contributed by atoms with van der Waals surface area (Å²) < 4.78 is 5.20. The zero-order chi connectivity index (χ0) is 17.0. The lowest BCUT2D eigenvalue weighted by molar-refractivity contribution is -0.123. The minimum Gasteiger partial charge on any atom is -0.449 e. The van der Waals surface area contributed by atoms with Gasteiger partial charge in [0.1, 0.15) is 0 Å². The zero-order valence-electron chi connectivity index (χ0n) is 13.4. The number of hydrogen-bond donors (Lipinski definition) is 2. The van der Waals surface area contributed by atoms with Crippen molar-refractivity contribution >= 4 is 23.3 Å². The van der Waals surface area contributed by atoms with Crippen LogP contribution in [0.15, 0.2) is 42.5 Å². The summed E-state index contributed by atoms with van der Waals surface area (Å²) in [6.45, 7) is 5.29. The molecule has 0 spiro atoms. The van der Waals surface area contributed by atoms with E-state index in [0.29, 0.717) is 11.4 Å². The Labute approximate surface area is 135 Å². The second kappa shape index (κ2) is 6.96. The SMILES string of the molecule is Cc1ccc(NC(=O)[C@@H](C)OC(=O)c2cccc(C)c2N)cc1. The summed E-state index contributed by atoms with van der Waals surface area (Å²) >= 11 is 0. The van der Waals surface area contributed by atoms with Gasteiger partial charge in [0.05, 0.1) is 5.56 Å². The Balaban J connectivity index is 2.01. The summed E-state index contributed by atoms with van der Waals surface area (Å²) in [5.74, 6) is -1.01. The molecule has 0 saturated carbocycles. The average Bonchev–Trinajstić information content (AvgIpc) is 2.52. The highest BCUT2D eigenvalue weighted by atomic mass is 16.5. The van der Waals surface area contributed by atoms with Crippen molar-refractivity contribution in [3.05, 3.63) is 59.2 Å². The van der Waals surface area contributed by atoms with Gasteiger partial charge in [0.2, 0.25) is 0 Å². The molecule has 120 valence electrons. The summed E-state index contributed by atoms with van der Waals surface area (Å²) in [4.78, 5) is 24.2. The lowest BCUT2D eigenvalue weighted by Gasteiger charge is -2.15. The Morgan fingerprint density at radius 3 is 2.39 bits per heavy atom. The molecule has 0 heterocycles. The van der Waals surface area contributed by atoms with E-state index in [9.17, 15) is 9.59 Å². The van der Waals surface area contributed by atoms with Gasteiger partial charge in [0.25, 0.3) is 5.91 Å². The van der Waals surface area contributed by atoms with Gasteiger partial charge in [-0.3, -0.25) is 4.79 Å². The number of rotatable bonds is 4. The first-order chi connectivity index (χ1) is 10.9. The molecule has 1 atom stereocenters. The predicted molar refractivity (Wildman–Crippen MR) is 90.3 cm³/mol. The molecule has 2 rings (SSSR count). The topological polar surface area (TPSA) is 81.4 Å². The number of amides is 1. The summed E-state index contributed by atoms with van der Waals surface area (Å²) in [6, 6.07) is 12.5. The second-order valence-corrected chi connectivity index (χ2v) is 5.44. The molecule has 0 radical (unpaired) electrons. The molecule has 0 saturated heterocycles. The van der Waals surface area contributed by atoms with Crippen LogP contribution in [0.3, 0.4) is 0 Å². The Bertz CT molecular complexity index is 724. The lowest BCUT2D eigenvalue weighted by Crippen LogP contribution is -2.30. The van der Waals surface area contributed by atoms with Crippen molar-refractivity contribution in [3.63, 3.8) is 0 Å². The molecular weight excluding hydrogens is 292 g/mol. The minimum absolute atomic E-state index is 0.264. The van der Waals surface area contributed by atoms with E-state index in [1.807, 2.05) is 19.1 Å². The Hall–Kier alpha value is -2.82. The van der Waals surface area contributed by atoms with Crippen LogP contribution in [0.1, 0.15) is 28.4 Å². The van der Waals surface area contributed by atoms with Crippen molar-refractivity contribution in [1.29, 1.82) is 0 Å². The molecule has 0 bridgehead atoms. The molecule has 5 nitrogen and oxygen atoms in total. The van der Waals surface area contributed by atoms with E-state index in [0.717, 1.165) is 11.1 Å². The predicted octanol–water partition coefficient (Wildman–Crippen LogP) is 3.07. The fraction of sp³-hybridized carbons (Fsp3) is 0.222. The van der Waals surface area contributed by atoms with Crippen LogP contribution in [0.5, 0.6) is 0 Å². The smallest absolute Gasteiger partial charge is 0.341 e. The number of aryl methyl sites for hydroxylation is 2. The number of carbonyl (C=O) groups is 2. The number of nitrogens with one attached hydrogen (secondary N) is 1. The van der Waals surface area contributed by atoms with Crippen LogP contribution in [-0.2, 0) is 9.53 Å². The zero-order valence-corrected chi connectivity index (χ0v) is 13.4. The van der Waals surface area contributed by atoms with Gasteiger partial charge in [-0.05, 0) is 44.5 Å². The average molecular weight is 312 g/mol. The van der Waals surface area contributed by atoms with Crippen molar-refractivity contribution in [3.8, 4) is 0 Å². The van der Waals surface area contributed by atoms with E-state index in [4.69, 9.17) is 10.5 Å². The van der Waals surface area contributed by atoms with Gasteiger partial charge >= 0.3 is 5.97 Å². The van der Waals surface area contributed by atoms with E-state index in [1.165, 1.54) is 6.92 Å². The molecule has 1 amide bonds. The number of esters is 1. The summed E-state index contributed by atoms with van der Waals surface area (Å²) in [6.07, 6.45) is -0.927. The molecule has 2 aromatic carbocycles. The lowest BCUT2D eigenvalue weighted by atomic mass is 10.1. The fourth-order valence-electron chi connectivity index (χ4n) is 2.02. The third-order valence-corrected chi connectivity index (χ3v) is 3.52. The van der Waals surface area contributed by atoms with Crippen LogP contribution >= 0.6 is 0 Å². The maximum absolute atomic E-state index is 12.1. The molecule has 0 aliphatic rings. The number of nitrogen functional groups attached to an aromatic ring is 1. The van der Waals surface area contributed by atoms with E-state index < -0.39 is 18.0 Å². The fourth-order valence-corrected chi connectivity index (χ4v) is 2.02. The largest absolute Gasteiger partial charge is 0.449 e. The number of carbonyl (C=O) groups excluding carboxylic acids is 2. The van der Waals surface area contributed by atoms with Crippen LogP contribution < -0.4 is 11.1 Å². The van der Waals surface area contributed by atoms with Gasteiger partial charge in [0.15, 0.2) is 6.10 Å². The number of anilines is 2. The first-order valence-electron chi connectivity index (χ1n) is 7.32.